The predicted molar refractivity (Wildman–Crippen MR) is 101 cm³/mol. The van der Waals surface area contributed by atoms with Crippen molar-refractivity contribution >= 4 is 22.1 Å². The van der Waals surface area contributed by atoms with Crippen molar-refractivity contribution in [3.05, 3.63) is 53.6 Å². The molecule has 0 fully saturated rings. The van der Waals surface area contributed by atoms with Gasteiger partial charge in [0.05, 0.1) is 33.6 Å². The quantitative estimate of drug-likeness (QED) is 0.593. The summed E-state index contributed by atoms with van der Waals surface area (Å²) in [5, 5.41) is 15.1. The van der Waals surface area contributed by atoms with Gasteiger partial charge in [0.15, 0.2) is 5.84 Å². The van der Waals surface area contributed by atoms with Gasteiger partial charge >= 0.3 is 0 Å². The molecule has 1 aliphatic rings. The van der Waals surface area contributed by atoms with Crippen LogP contribution in [0, 0.1) is 0 Å². The maximum absolute atomic E-state index is 12.3. The molecule has 0 saturated heterocycles. The van der Waals surface area contributed by atoms with Crippen LogP contribution in [0.2, 0.25) is 0 Å². The maximum Gasteiger partial charge on any atom is 0.285 e. The van der Waals surface area contributed by atoms with E-state index in [1.807, 2.05) is 0 Å². The number of rotatable bonds is 6. The fraction of sp³-hybridized carbons (Fsp3) is 0.222. The number of aliphatic hydroxyl groups excluding tert-OH is 1. The number of hydrogen-bond donors (Lipinski definition) is 1. The molecular weight excluding hydrogens is 370 g/mol. The fourth-order valence-corrected chi connectivity index (χ4v) is 3.85. The minimum Gasteiger partial charge on any atom is -0.497 e. The Morgan fingerprint density at radius 3 is 2.67 bits per heavy atom. The van der Waals surface area contributed by atoms with Gasteiger partial charge in [-0.15, -0.1) is 4.40 Å². The maximum atomic E-state index is 12.3. The molecule has 0 aromatic heterocycles. The number of methoxy groups -OCH3 is 2. The molecule has 2 aromatic rings. The van der Waals surface area contributed by atoms with Crippen LogP contribution < -0.4 is 9.47 Å². The Labute approximate surface area is 157 Å². The van der Waals surface area contributed by atoms with Gasteiger partial charge in [-0.1, -0.05) is 12.1 Å². The van der Waals surface area contributed by atoms with E-state index in [2.05, 4.69) is 9.50 Å². The molecule has 0 amide bonds. The Morgan fingerprint density at radius 2 is 1.96 bits per heavy atom. The van der Waals surface area contributed by atoms with Crippen molar-refractivity contribution in [1.29, 1.82) is 0 Å². The van der Waals surface area contributed by atoms with Crippen molar-refractivity contribution in [1.82, 2.24) is 5.01 Å². The molecule has 1 aliphatic heterocycles. The van der Waals surface area contributed by atoms with Crippen LogP contribution in [0.15, 0.2) is 56.9 Å². The second-order valence-electron chi connectivity index (χ2n) is 5.59. The summed E-state index contributed by atoms with van der Waals surface area (Å²) in [6.45, 7) is -0.143. The monoisotopic (exact) mass is 389 g/mol. The molecule has 142 valence electrons. The van der Waals surface area contributed by atoms with Gasteiger partial charge in [-0.3, -0.25) is 0 Å². The number of benzene rings is 2. The topological polar surface area (TPSA) is 101 Å². The summed E-state index contributed by atoms with van der Waals surface area (Å²) >= 11 is 0. The lowest BCUT2D eigenvalue weighted by molar-refractivity contribution is 0.254. The zero-order chi connectivity index (χ0) is 19.4. The Bertz CT molecular complexity index is 1000. The van der Waals surface area contributed by atoms with Gasteiger partial charge < -0.3 is 14.6 Å². The van der Waals surface area contributed by atoms with Crippen molar-refractivity contribution in [2.24, 2.45) is 9.50 Å². The van der Waals surface area contributed by atoms with Crippen LogP contribution in [0.5, 0.6) is 11.5 Å². The first-order valence-corrected chi connectivity index (χ1v) is 9.53. The molecule has 1 heterocycles. The third kappa shape index (κ3) is 3.79. The number of amidine groups is 1. The summed E-state index contributed by atoms with van der Waals surface area (Å²) in [4.78, 5) is 0.125. The predicted octanol–water partition coefficient (Wildman–Crippen LogP) is 1.48. The molecule has 1 N–H and O–H groups in total. The second-order valence-corrected chi connectivity index (χ2v) is 7.16. The van der Waals surface area contributed by atoms with Gasteiger partial charge in [0.1, 0.15) is 16.4 Å². The molecule has 8 nitrogen and oxygen atoms in total. The van der Waals surface area contributed by atoms with E-state index in [-0.39, 0.29) is 23.9 Å². The SMILES string of the molecule is COc1ccc(/C=N\N(CCO)C2=NS(=O)(=O)c3ccccc32)c(OC)c1. The first kappa shape index (κ1) is 18.9. The van der Waals surface area contributed by atoms with Crippen molar-refractivity contribution in [2.75, 3.05) is 27.4 Å². The number of ether oxygens (including phenoxy) is 2. The lowest BCUT2D eigenvalue weighted by Gasteiger charge is -2.17. The highest BCUT2D eigenvalue weighted by molar-refractivity contribution is 7.90. The molecule has 0 aliphatic carbocycles. The average molecular weight is 389 g/mol. The molecule has 0 unspecified atom stereocenters. The smallest absolute Gasteiger partial charge is 0.285 e. The first-order chi connectivity index (χ1) is 13.0. The van der Waals surface area contributed by atoms with Crippen LogP contribution >= 0.6 is 0 Å². The van der Waals surface area contributed by atoms with E-state index in [9.17, 15) is 13.5 Å². The van der Waals surface area contributed by atoms with E-state index < -0.39 is 10.0 Å². The Balaban J connectivity index is 1.98. The lowest BCUT2D eigenvalue weighted by atomic mass is 10.2. The summed E-state index contributed by atoms with van der Waals surface area (Å²) in [6, 6.07) is 11.7. The Morgan fingerprint density at radius 1 is 1.19 bits per heavy atom. The van der Waals surface area contributed by atoms with Crippen molar-refractivity contribution in [2.45, 2.75) is 4.90 Å². The van der Waals surface area contributed by atoms with Gasteiger partial charge in [0.25, 0.3) is 10.0 Å². The van der Waals surface area contributed by atoms with Crippen LogP contribution in [-0.4, -0.2) is 58.0 Å². The number of hydrazone groups is 1. The summed E-state index contributed by atoms with van der Waals surface area (Å²) in [5.74, 6) is 1.35. The zero-order valence-corrected chi connectivity index (χ0v) is 15.7. The number of aliphatic hydroxyl groups is 1. The van der Waals surface area contributed by atoms with Gasteiger partial charge in [-0.25, -0.2) is 5.01 Å². The van der Waals surface area contributed by atoms with Gasteiger partial charge in [-0.05, 0) is 24.3 Å². The summed E-state index contributed by atoms with van der Waals surface area (Å²) in [7, 11) is -0.687. The normalized spacial score (nSPS) is 14.7. The average Bonchev–Trinajstić information content (AvgIpc) is 2.96. The van der Waals surface area contributed by atoms with Gasteiger partial charge in [0, 0.05) is 17.2 Å². The van der Waals surface area contributed by atoms with E-state index in [1.54, 1.807) is 43.5 Å². The third-order valence-corrected chi connectivity index (χ3v) is 5.27. The fourth-order valence-electron chi connectivity index (χ4n) is 2.64. The van der Waals surface area contributed by atoms with E-state index in [0.29, 0.717) is 22.6 Å². The number of hydrogen-bond acceptors (Lipinski definition) is 7. The van der Waals surface area contributed by atoms with E-state index in [0.717, 1.165) is 0 Å². The van der Waals surface area contributed by atoms with Crippen LogP contribution in [0.3, 0.4) is 0 Å². The lowest BCUT2D eigenvalue weighted by Crippen LogP contribution is -2.28. The molecule has 3 rings (SSSR count). The molecule has 9 heteroatoms. The molecule has 0 saturated carbocycles. The number of nitrogens with zero attached hydrogens (tertiary/aromatic N) is 3. The summed E-state index contributed by atoms with van der Waals surface area (Å²) < 4.78 is 38.8. The first-order valence-electron chi connectivity index (χ1n) is 8.09. The highest BCUT2D eigenvalue weighted by Gasteiger charge is 2.31. The molecule has 27 heavy (non-hydrogen) atoms. The highest BCUT2D eigenvalue weighted by Crippen LogP contribution is 2.28. The second kappa shape index (κ2) is 7.77. The molecule has 0 radical (unpaired) electrons. The highest BCUT2D eigenvalue weighted by atomic mass is 32.2. The van der Waals surface area contributed by atoms with E-state index in [4.69, 9.17) is 9.47 Å². The van der Waals surface area contributed by atoms with Crippen LogP contribution in [0.25, 0.3) is 0 Å². The van der Waals surface area contributed by atoms with Crippen LogP contribution in [0.1, 0.15) is 11.1 Å². The van der Waals surface area contributed by atoms with Crippen molar-refractivity contribution in [3.63, 3.8) is 0 Å². The van der Waals surface area contributed by atoms with Crippen LogP contribution in [-0.2, 0) is 10.0 Å². The van der Waals surface area contributed by atoms with Crippen molar-refractivity contribution < 1.29 is 23.0 Å². The van der Waals surface area contributed by atoms with E-state index >= 15 is 0 Å². The molecule has 0 bridgehead atoms. The standard InChI is InChI=1S/C18H19N3O5S/c1-25-14-8-7-13(16(11-14)26-2)12-19-21(9-10-22)18-15-5-3-4-6-17(15)27(23,24)20-18/h3-8,11-12,22H,9-10H2,1-2H3/b19-12-. The Hall–Kier alpha value is -2.91. The summed E-state index contributed by atoms with van der Waals surface area (Å²) in [6.07, 6.45) is 1.52. The number of fused-ring (bicyclic) bond motifs is 1. The Kier molecular flexibility index (Phi) is 5.43. The molecular formula is C18H19N3O5S. The third-order valence-electron chi connectivity index (χ3n) is 3.95. The largest absolute Gasteiger partial charge is 0.497 e. The summed E-state index contributed by atoms with van der Waals surface area (Å²) in [5.41, 5.74) is 1.11. The number of sulfonamides is 1. The minimum atomic E-state index is -3.77. The molecule has 0 spiro atoms. The van der Waals surface area contributed by atoms with Gasteiger partial charge in [0.2, 0.25) is 0 Å². The van der Waals surface area contributed by atoms with Gasteiger partial charge in [-0.2, -0.15) is 13.5 Å². The molecule has 2 aromatic carbocycles. The van der Waals surface area contributed by atoms with Crippen LogP contribution in [0.4, 0.5) is 0 Å². The minimum absolute atomic E-state index is 0.0810. The zero-order valence-electron chi connectivity index (χ0n) is 14.9. The van der Waals surface area contributed by atoms with Crippen molar-refractivity contribution in [3.8, 4) is 11.5 Å². The molecule has 0 atom stereocenters. The van der Waals surface area contributed by atoms with E-state index in [1.165, 1.54) is 24.4 Å².